The maximum absolute atomic E-state index is 11.9. The van der Waals surface area contributed by atoms with Gasteiger partial charge in [-0.3, -0.25) is 23.9 Å². The van der Waals surface area contributed by atoms with Crippen molar-refractivity contribution < 1.29 is 27.3 Å². The second-order valence-corrected chi connectivity index (χ2v) is 7.56. The van der Waals surface area contributed by atoms with Gasteiger partial charge in [-0.25, -0.2) is 0 Å². The number of nitrogens with two attached hydrogens (primary N) is 1. The van der Waals surface area contributed by atoms with Crippen LogP contribution in [0.5, 0.6) is 0 Å². The molecular formula is C14H28N4O6S. The van der Waals surface area contributed by atoms with E-state index in [2.05, 4.69) is 10.2 Å². The minimum absolute atomic E-state index is 0.117. The van der Waals surface area contributed by atoms with Crippen LogP contribution in [-0.2, 0) is 24.4 Å². The Morgan fingerprint density at radius 2 is 1.76 bits per heavy atom. The van der Waals surface area contributed by atoms with E-state index in [1.807, 2.05) is 4.90 Å². The predicted molar refractivity (Wildman–Crippen MR) is 91.5 cm³/mol. The molecule has 11 heteroatoms. The standard InChI is InChI=1S/C14H28N4O6S/c1-16-12(2-3-13(15)19)14(20)24-10-8-17-4-6-18(7-5-17)9-11-25(21,22)23/h12,16H,2-11H2,1H3,(H2,15,19)(H,21,22,23)/t12-/m1/s1. The van der Waals surface area contributed by atoms with Crippen LogP contribution in [0.2, 0.25) is 0 Å². The van der Waals surface area contributed by atoms with Gasteiger partial charge in [-0.05, 0) is 13.5 Å². The van der Waals surface area contributed by atoms with E-state index >= 15 is 0 Å². The van der Waals surface area contributed by atoms with Crippen LogP contribution < -0.4 is 11.1 Å². The van der Waals surface area contributed by atoms with E-state index in [1.165, 1.54) is 0 Å². The Hall–Kier alpha value is -1.27. The van der Waals surface area contributed by atoms with Gasteiger partial charge in [-0.15, -0.1) is 0 Å². The van der Waals surface area contributed by atoms with Gasteiger partial charge in [0, 0.05) is 45.7 Å². The summed E-state index contributed by atoms with van der Waals surface area (Å²) in [6.07, 6.45) is 0.420. The number of piperazine rings is 1. The largest absolute Gasteiger partial charge is 0.463 e. The molecule has 0 bridgehead atoms. The van der Waals surface area contributed by atoms with Crippen LogP contribution in [0.4, 0.5) is 0 Å². The fraction of sp³-hybridized carbons (Fsp3) is 0.857. The smallest absolute Gasteiger partial charge is 0.323 e. The maximum atomic E-state index is 11.9. The summed E-state index contributed by atoms with van der Waals surface area (Å²) >= 11 is 0. The monoisotopic (exact) mass is 380 g/mol. The van der Waals surface area contributed by atoms with Gasteiger partial charge in [0.1, 0.15) is 12.6 Å². The number of ether oxygens (including phenoxy) is 1. The van der Waals surface area contributed by atoms with Crippen LogP contribution in [0.1, 0.15) is 12.8 Å². The molecule has 0 unspecified atom stereocenters. The molecule has 0 aromatic carbocycles. The van der Waals surface area contributed by atoms with Crippen molar-refractivity contribution in [1.29, 1.82) is 0 Å². The molecule has 0 radical (unpaired) electrons. The van der Waals surface area contributed by atoms with Crippen molar-refractivity contribution in [2.24, 2.45) is 5.73 Å². The highest BCUT2D eigenvalue weighted by atomic mass is 32.2. The van der Waals surface area contributed by atoms with E-state index in [0.717, 1.165) is 13.1 Å². The number of carbonyl (C=O) groups excluding carboxylic acids is 2. The lowest BCUT2D eigenvalue weighted by Gasteiger charge is -2.34. The Morgan fingerprint density at radius 1 is 1.20 bits per heavy atom. The number of nitrogens with zero attached hydrogens (tertiary/aromatic N) is 2. The van der Waals surface area contributed by atoms with Gasteiger partial charge in [0.15, 0.2) is 0 Å². The van der Waals surface area contributed by atoms with Crippen molar-refractivity contribution in [2.75, 3.05) is 58.7 Å². The molecule has 0 aromatic rings. The average molecular weight is 380 g/mol. The third-order valence-corrected chi connectivity index (χ3v) is 4.79. The van der Waals surface area contributed by atoms with Crippen molar-refractivity contribution in [2.45, 2.75) is 18.9 Å². The molecule has 0 aliphatic carbocycles. The van der Waals surface area contributed by atoms with Gasteiger partial charge in [-0.2, -0.15) is 8.42 Å². The van der Waals surface area contributed by atoms with Gasteiger partial charge in [-0.1, -0.05) is 0 Å². The lowest BCUT2D eigenvalue weighted by atomic mass is 10.1. The van der Waals surface area contributed by atoms with Crippen LogP contribution >= 0.6 is 0 Å². The van der Waals surface area contributed by atoms with Crippen molar-refractivity contribution in [3.63, 3.8) is 0 Å². The van der Waals surface area contributed by atoms with Crippen LogP contribution in [-0.4, -0.2) is 99.4 Å². The molecular weight excluding hydrogens is 352 g/mol. The van der Waals surface area contributed by atoms with Crippen molar-refractivity contribution in [3.05, 3.63) is 0 Å². The third-order valence-electron chi connectivity index (χ3n) is 4.09. The number of nitrogens with one attached hydrogen (secondary N) is 1. The van der Waals surface area contributed by atoms with Gasteiger partial charge >= 0.3 is 5.97 Å². The Balaban J connectivity index is 2.20. The number of likely N-dealkylation sites (N-methyl/N-ethyl adjacent to an activating group) is 1. The Labute approximate surface area is 148 Å². The molecule has 0 saturated carbocycles. The topological polar surface area (TPSA) is 142 Å². The van der Waals surface area contributed by atoms with E-state index in [4.69, 9.17) is 15.0 Å². The second-order valence-electron chi connectivity index (χ2n) is 5.98. The van der Waals surface area contributed by atoms with E-state index < -0.39 is 28.0 Å². The average Bonchev–Trinajstić information content (AvgIpc) is 2.53. The summed E-state index contributed by atoms with van der Waals surface area (Å²) in [6, 6.07) is -0.551. The third kappa shape index (κ3) is 9.70. The van der Waals surface area contributed by atoms with E-state index in [1.54, 1.807) is 7.05 Å². The van der Waals surface area contributed by atoms with Crippen LogP contribution in [0.15, 0.2) is 0 Å². The number of amides is 1. The van der Waals surface area contributed by atoms with Gasteiger partial charge in [0.25, 0.3) is 10.1 Å². The van der Waals surface area contributed by atoms with Crippen LogP contribution in [0.25, 0.3) is 0 Å². The van der Waals surface area contributed by atoms with Gasteiger partial charge in [0.05, 0.1) is 5.75 Å². The fourth-order valence-electron chi connectivity index (χ4n) is 2.52. The zero-order valence-electron chi connectivity index (χ0n) is 14.5. The number of hydrogen-bond acceptors (Lipinski definition) is 8. The summed E-state index contributed by atoms with van der Waals surface area (Å²) in [5.74, 6) is -1.13. The van der Waals surface area contributed by atoms with Gasteiger partial charge in [0.2, 0.25) is 5.91 Å². The van der Waals surface area contributed by atoms with Crippen molar-refractivity contribution in [1.82, 2.24) is 15.1 Å². The molecule has 1 amide bonds. The molecule has 146 valence electrons. The molecule has 1 atom stereocenters. The van der Waals surface area contributed by atoms with Crippen LogP contribution in [0.3, 0.4) is 0 Å². The maximum Gasteiger partial charge on any atom is 0.323 e. The summed E-state index contributed by atoms with van der Waals surface area (Å²) < 4.78 is 35.5. The zero-order valence-corrected chi connectivity index (χ0v) is 15.3. The number of esters is 1. The first kappa shape index (κ1) is 21.8. The van der Waals surface area contributed by atoms with Gasteiger partial charge < -0.3 is 15.8 Å². The molecule has 1 saturated heterocycles. The van der Waals surface area contributed by atoms with E-state index in [-0.39, 0.29) is 18.8 Å². The minimum atomic E-state index is -3.93. The summed E-state index contributed by atoms with van der Waals surface area (Å²) in [6.45, 7) is 4.01. The highest BCUT2D eigenvalue weighted by Gasteiger charge is 2.21. The summed E-state index contributed by atoms with van der Waals surface area (Å²) in [7, 11) is -2.31. The van der Waals surface area contributed by atoms with Crippen molar-refractivity contribution in [3.8, 4) is 0 Å². The summed E-state index contributed by atoms with van der Waals surface area (Å²) in [4.78, 5) is 26.8. The zero-order chi connectivity index (χ0) is 18.9. The highest BCUT2D eigenvalue weighted by Crippen LogP contribution is 2.03. The summed E-state index contributed by atoms with van der Waals surface area (Å²) in [5, 5.41) is 2.81. The number of rotatable bonds is 11. The molecule has 1 fully saturated rings. The van der Waals surface area contributed by atoms with E-state index in [9.17, 15) is 18.0 Å². The fourth-order valence-corrected chi connectivity index (χ4v) is 3.01. The first-order valence-corrected chi connectivity index (χ1v) is 9.84. The molecule has 1 heterocycles. The second kappa shape index (κ2) is 10.7. The molecule has 1 rings (SSSR count). The van der Waals surface area contributed by atoms with Crippen molar-refractivity contribution >= 4 is 22.0 Å². The SMILES string of the molecule is CN[C@H](CCC(N)=O)C(=O)OCCN1CCN(CCS(=O)(=O)O)CC1. The Bertz CT molecular complexity index is 533. The molecule has 0 spiro atoms. The summed E-state index contributed by atoms with van der Waals surface area (Å²) in [5.41, 5.74) is 5.07. The number of carbonyl (C=O) groups is 2. The first-order chi connectivity index (χ1) is 11.7. The van der Waals surface area contributed by atoms with E-state index in [0.29, 0.717) is 32.6 Å². The Kier molecular flexibility index (Phi) is 9.28. The lowest BCUT2D eigenvalue weighted by molar-refractivity contribution is -0.146. The molecule has 1 aliphatic heterocycles. The number of primary amides is 1. The van der Waals surface area contributed by atoms with Crippen LogP contribution in [0, 0.1) is 0 Å². The predicted octanol–water partition coefficient (Wildman–Crippen LogP) is -2.11. The normalized spacial score (nSPS) is 18.0. The lowest BCUT2D eigenvalue weighted by Crippen LogP contribution is -2.48. The Morgan fingerprint density at radius 3 is 2.24 bits per heavy atom. The number of hydrogen-bond donors (Lipinski definition) is 3. The molecule has 10 nitrogen and oxygen atoms in total. The molecule has 25 heavy (non-hydrogen) atoms. The first-order valence-electron chi connectivity index (χ1n) is 8.23. The highest BCUT2D eigenvalue weighted by molar-refractivity contribution is 7.85. The molecule has 0 aromatic heterocycles. The minimum Gasteiger partial charge on any atom is -0.463 e. The quantitative estimate of drug-likeness (QED) is 0.271. The molecule has 4 N–H and O–H groups in total. The molecule has 1 aliphatic rings.